The Labute approximate surface area is 113 Å². The maximum atomic E-state index is 6.55. The van der Waals surface area contributed by atoms with Gasteiger partial charge in [0, 0.05) is 5.92 Å². The highest BCUT2D eigenvalue weighted by atomic mass is 28.4. The van der Waals surface area contributed by atoms with Crippen LogP contribution in [0.15, 0.2) is 24.0 Å². The molecule has 0 bridgehead atoms. The summed E-state index contributed by atoms with van der Waals surface area (Å²) in [5.41, 5.74) is 0. The zero-order valence-electron chi connectivity index (χ0n) is 12.8. The molecular formula is C16H28OSi. The van der Waals surface area contributed by atoms with Gasteiger partial charge in [0.05, 0.1) is 5.76 Å². The second-order valence-corrected chi connectivity index (χ2v) is 12.3. The van der Waals surface area contributed by atoms with Crippen LogP contribution in [0.25, 0.3) is 0 Å². The van der Waals surface area contributed by atoms with E-state index >= 15 is 0 Å². The Hall–Kier alpha value is -0.503. The lowest BCUT2D eigenvalue weighted by molar-refractivity contribution is 0.286. The Morgan fingerprint density at radius 2 is 1.89 bits per heavy atom. The summed E-state index contributed by atoms with van der Waals surface area (Å²) < 4.78 is 6.55. The standard InChI is InChI=1S/C16H28OSi/c1-12-10-11-14-13(12)8-7-9-15(14)17-18(5,6)16(2,3)4/h7-9,12-14H,10-11H2,1-6H3. The third kappa shape index (κ3) is 2.45. The molecule has 0 radical (unpaired) electrons. The lowest BCUT2D eigenvalue weighted by atomic mass is 9.86. The van der Waals surface area contributed by atoms with Crippen molar-refractivity contribution in [2.24, 2.45) is 17.8 Å². The minimum absolute atomic E-state index is 0.286. The predicted molar refractivity (Wildman–Crippen MR) is 80.9 cm³/mol. The molecule has 0 saturated heterocycles. The van der Waals surface area contributed by atoms with Crippen LogP contribution in [0.4, 0.5) is 0 Å². The van der Waals surface area contributed by atoms with E-state index in [9.17, 15) is 0 Å². The van der Waals surface area contributed by atoms with Crippen molar-refractivity contribution >= 4 is 8.32 Å². The van der Waals surface area contributed by atoms with E-state index in [1.165, 1.54) is 18.6 Å². The fraction of sp³-hybridized carbons (Fsp3) is 0.750. The van der Waals surface area contributed by atoms with Gasteiger partial charge in [-0.25, -0.2) is 0 Å². The van der Waals surface area contributed by atoms with Crippen LogP contribution in [-0.4, -0.2) is 8.32 Å². The number of hydrogen-bond donors (Lipinski definition) is 0. The second kappa shape index (κ2) is 4.55. The van der Waals surface area contributed by atoms with Gasteiger partial charge in [0.15, 0.2) is 0 Å². The summed E-state index contributed by atoms with van der Waals surface area (Å²) in [6.45, 7) is 14.0. The summed E-state index contributed by atoms with van der Waals surface area (Å²) in [5.74, 6) is 3.46. The highest BCUT2D eigenvalue weighted by Crippen LogP contribution is 2.47. The zero-order valence-corrected chi connectivity index (χ0v) is 13.8. The molecular weight excluding hydrogens is 236 g/mol. The zero-order chi connectivity index (χ0) is 13.6. The average molecular weight is 264 g/mol. The van der Waals surface area contributed by atoms with Crippen LogP contribution in [0.3, 0.4) is 0 Å². The quantitative estimate of drug-likeness (QED) is 0.629. The Balaban J connectivity index is 2.15. The van der Waals surface area contributed by atoms with Gasteiger partial charge in [-0.15, -0.1) is 0 Å². The smallest absolute Gasteiger partial charge is 0.250 e. The summed E-state index contributed by atoms with van der Waals surface area (Å²) in [6.07, 6.45) is 9.47. The number of rotatable bonds is 2. The van der Waals surface area contributed by atoms with E-state index in [0.717, 1.165) is 11.8 Å². The molecule has 1 saturated carbocycles. The molecule has 0 aliphatic heterocycles. The summed E-state index contributed by atoms with van der Waals surface area (Å²) >= 11 is 0. The summed E-state index contributed by atoms with van der Waals surface area (Å²) in [4.78, 5) is 0. The molecule has 1 fully saturated rings. The molecule has 3 atom stereocenters. The van der Waals surface area contributed by atoms with E-state index < -0.39 is 8.32 Å². The van der Waals surface area contributed by atoms with Crippen LogP contribution in [0, 0.1) is 17.8 Å². The van der Waals surface area contributed by atoms with Gasteiger partial charge in [0.1, 0.15) is 0 Å². The van der Waals surface area contributed by atoms with E-state index in [-0.39, 0.29) is 5.04 Å². The van der Waals surface area contributed by atoms with Crippen molar-refractivity contribution in [2.75, 3.05) is 0 Å². The molecule has 2 aliphatic rings. The van der Waals surface area contributed by atoms with Crippen LogP contribution >= 0.6 is 0 Å². The number of allylic oxidation sites excluding steroid dienone is 4. The molecule has 0 spiro atoms. The van der Waals surface area contributed by atoms with Crippen LogP contribution in [0.2, 0.25) is 18.1 Å². The Morgan fingerprint density at radius 1 is 1.22 bits per heavy atom. The van der Waals surface area contributed by atoms with Crippen molar-refractivity contribution in [1.29, 1.82) is 0 Å². The second-order valence-electron chi connectivity index (χ2n) is 7.55. The maximum absolute atomic E-state index is 6.55. The molecule has 0 aromatic carbocycles. The molecule has 0 amide bonds. The van der Waals surface area contributed by atoms with Gasteiger partial charge >= 0.3 is 0 Å². The van der Waals surface area contributed by atoms with Crippen LogP contribution < -0.4 is 0 Å². The molecule has 0 N–H and O–H groups in total. The van der Waals surface area contributed by atoms with Gasteiger partial charge in [-0.1, -0.05) is 39.8 Å². The maximum Gasteiger partial charge on any atom is 0.250 e. The molecule has 2 rings (SSSR count). The van der Waals surface area contributed by atoms with Crippen LogP contribution in [0.1, 0.15) is 40.5 Å². The van der Waals surface area contributed by atoms with Gasteiger partial charge in [-0.3, -0.25) is 0 Å². The average Bonchev–Trinajstić information content (AvgIpc) is 2.60. The Morgan fingerprint density at radius 3 is 2.50 bits per heavy atom. The third-order valence-electron chi connectivity index (χ3n) is 5.19. The molecule has 102 valence electrons. The van der Waals surface area contributed by atoms with E-state index in [1.807, 2.05) is 0 Å². The normalized spacial score (nSPS) is 32.1. The van der Waals surface area contributed by atoms with E-state index in [4.69, 9.17) is 4.43 Å². The Bertz CT molecular complexity index is 373. The number of fused-ring (bicyclic) bond motifs is 1. The molecule has 0 aromatic heterocycles. The molecule has 3 unspecified atom stereocenters. The topological polar surface area (TPSA) is 9.23 Å². The fourth-order valence-corrected chi connectivity index (χ4v) is 3.95. The van der Waals surface area contributed by atoms with Crippen molar-refractivity contribution in [1.82, 2.24) is 0 Å². The molecule has 2 aliphatic carbocycles. The predicted octanol–water partition coefficient (Wildman–Crippen LogP) is 5.12. The molecule has 2 heteroatoms. The lowest BCUT2D eigenvalue weighted by Gasteiger charge is -2.40. The fourth-order valence-electron chi connectivity index (χ4n) is 2.84. The first-order valence-electron chi connectivity index (χ1n) is 7.30. The van der Waals surface area contributed by atoms with Crippen molar-refractivity contribution < 1.29 is 4.43 Å². The van der Waals surface area contributed by atoms with Crippen LogP contribution in [-0.2, 0) is 4.43 Å². The van der Waals surface area contributed by atoms with Gasteiger partial charge in [0.2, 0.25) is 8.32 Å². The van der Waals surface area contributed by atoms with Gasteiger partial charge < -0.3 is 4.43 Å². The van der Waals surface area contributed by atoms with E-state index in [2.05, 4.69) is 59.0 Å². The molecule has 0 heterocycles. The molecule has 18 heavy (non-hydrogen) atoms. The van der Waals surface area contributed by atoms with Gasteiger partial charge in [-0.05, 0) is 48.9 Å². The van der Waals surface area contributed by atoms with Crippen LogP contribution in [0.5, 0.6) is 0 Å². The lowest BCUT2D eigenvalue weighted by Crippen LogP contribution is -2.41. The van der Waals surface area contributed by atoms with E-state index in [1.54, 1.807) is 0 Å². The summed E-state index contributed by atoms with van der Waals surface area (Å²) in [5, 5.41) is 0.286. The largest absolute Gasteiger partial charge is 0.546 e. The highest BCUT2D eigenvalue weighted by Gasteiger charge is 2.43. The first-order chi connectivity index (χ1) is 8.22. The van der Waals surface area contributed by atoms with E-state index in [0.29, 0.717) is 5.92 Å². The SMILES string of the molecule is CC1CCC2C(O[Si](C)(C)C(C)(C)C)=CC=CC12. The Kier molecular flexibility index (Phi) is 3.52. The van der Waals surface area contributed by atoms with Crippen molar-refractivity contribution in [3.8, 4) is 0 Å². The van der Waals surface area contributed by atoms with Gasteiger partial charge in [-0.2, -0.15) is 0 Å². The first kappa shape index (κ1) is 13.9. The van der Waals surface area contributed by atoms with Crippen molar-refractivity contribution in [2.45, 2.75) is 58.7 Å². The molecule has 1 nitrogen and oxygen atoms in total. The highest BCUT2D eigenvalue weighted by molar-refractivity contribution is 6.74. The van der Waals surface area contributed by atoms with Crippen molar-refractivity contribution in [3.05, 3.63) is 24.0 Å². The summed E-state index contributed by atoms with van der Waals surface area (Å²) in [6, 6.07) is 0. The van der Waals surface area contributed by atoms with Crippen molar-refractivity contribution in [3.63, 3.8) is 0 Å². The minimum Gasteiger partial charge on any atom is -0.546 e. The first-order valence-corrected chi connectivity index (χ1v) is 10.2. The minimum atomic E-state index is -1.68. The summed E-state index contributed by atoms with van der Waals surface area (Å²) in [7, 11) is -1.68. The third-order valence-corrected chi connectivity index (χ3v) is 9.55. The monoisotopic (exact) mass is 264 g/mol. The van der Waals surface area contributed by atoms with Gasteiger partial charge in [0.25, 0.3) is 0 Å². The molecule has 0 aromatic rings. The number of hydrogen-bond acceptors (Lipinski definition) is 1.